The van der Waals surface area contributed by atoms with E-state index in [1.165, 1.54) is 0 Å². The van der Waals surface area contributed by atoms with Crippen molar-refractivity contribution in [2.75, 3.05) is 27.2 Å². The van der Waals surface area contributed by atoms with E-state index >= 15 is 0 Å². The first-order valence-electron chi connectivity index (χ1n) is 11.5. The minimum absolute atomic E-state index is 0.0509. The molecular weight excluding hydrogens is 410 g/mol. The van der Waals surface area contributed by atoms with E-state index in [4.69, 9.17) is 0 Å². The summed E-state index contributed by atoms with van der Waals surface area (Å²) in [5.41, 5.74) is 3.67. The van der Waals surface area contributed by atoms with Crippen LogP contribution in [0.4, 0.5) is 0 Å². The molecule has 0 aliphatic carbocycles. The molecule has 170 valence electrons. The van der Waals surface area contributed by atoms with Crippen LogP contribution in [0.3, 0.4) is 0 Å². The molecule has 0 radical (unpaired) electrons. The maximum atomic E-state index is 13.6. The molecule has 1 unspecified atom stereocenters. The Bertz CT molecular complexity index is 1100. The molecule has 4 rings (SSSR count). The van der Waals surface area contributed by atoms with Crippen LogP contribution in [-0.4, -0.2) is 53.8 Å². The number of carbonyl (C=O) groups excluding carboxylic acids is 2. The van der Waals surface area contributed by atoms with Crippen LogP contribution in [-0.2, 0) is 22.4 Å². The Morgan fingerprint density at radius 3 is 2.48 bits per heavy atom. The summed E-state index contributed by atoms with van der Waals surface area (Å²) in [5, 5.41) is 0. The van der Waals surface area contributed by atoms with Crippen molar-refractivity contribution in [1.82, 2.24) is 14.8 Å². The third kappa shape index (κ3) is 5.14. The molecule has 2 heterocycles. The maximum absolute atomic E-state index is 13.6. The van der Waals surface area contributed by atoms with E-state index in [2.05, 4.69) is 29.2 Å². The monoisotopic (exact) mass is 441 g/mol. The number of rotatable bonds is 6. The minimum Gasteiger partial charge on any atom is -0.348 e. The zero-order chi connectivity index (χ0) is 23.3. The van der Waals surface area contributed by atoms with E-state index in [1.807, 2.05) is 61.5 Å². The molecular formula is C28H31N3O2. The topological polar surface area (TPSA) is 53.5 Å². The standard InChI is InChI=1S/C28H31N3O2/c1-30(2)27(33)28(19-24-13-6-7-14-25(24)23-11-4-3-5-12-23)15-9-17-31(21-28)26(32)18-22-10-8-16-29-20-22/h3-8,10-14,16,20H,9,15,17-19,21H2,1-2H3. The number of pyridine rings is 1. The summed E-state index contributed by atoms with van der Waals surface area (Å²) >= 11 is 0. The first kappa shape index (κ1) is 22.7. The molecule has 1 aliphatic heterocycles. The van der Waals surface area contributed by atoms with Crippen LogP contribution < -0.4 is 0 Å². The molecule has 2 amide bonds. The lowest BCUT2D eigenvalue weighted by Gasteiger charge is -2.43. The molecule has 3 aromatic rings. The van der Waals surface area contributed by atoms with Gasteiger partial charge in [-0.15, -0.1) is 0 Å². The summed E-state index contributed by atoms with van der Waals surface area (Å²) in [6.07, 6.45) is 5.93. The summed E-state index contributed by atoms with van der Waals surface area (Å²) < 4.78 is 0. The smallest absolute Gasteiger partial charge is 0.230 e. The molecule has 0 bridgehead atoms. The van der Waals surface area contributed by atoms with Gasteiger partial charge in [-0.05, 0) is 47.6 Å². The highest BCUT2D eigenvalue weighted by Crippen LogP contribution is 2.38. The van der Waals surface area contributed by atoms with E-state index in [1.54, 1.807) is 17.3 Å². The molecule has 0 saturated carbocycles. The van der Waals surface area contributed by atoms with Gasteiger partial charge in [-0.1, -0.05) is 60.7 Å². The molecule has 0 N–H and O–H groups in total. The van der Waals surface area contributed by atoms with E-state index in [-0.39, 0.29) is 11.8 Å². The van der Waals surface area contributed by atoms with Gasteiger partial charge < -0.3 is 9.80 Å². The Hall–Kier alpha value is -3.47. The van der Waals surface area contributed by atoms with Gasteiger partial charge in [0.25, 0.3) is 0 Å². The lowest BCUT2D eigenvalue weighted by molar-refractivity contribution is -0.147. The maximum Gasteiger partial charge on any atom is 0.230 e. The lowest BCUT2D eigenvalue weighted by atomic mass is 9.72. The second-order valence-corrected chi connectivity index (χ2v) is 9.14. The van der Waals surface area contributed by atoms with Gasteiger partial charge >= 0.3 is 0 Å². The number of carbonyl (C=O) groups is 2. The quantitative estimate of drug-likeness (QED) is 0.575. The fraction of sp³-hybridized carbons (Fsp3) is 0.321. The number of nitrogens with zero attached hydrogens (tertiary/aromatic N) is 3. The highest BCUT2D eigenvalue weighted by atomic mass is 16.2. The lowest BCUT2D eigenvalue weighted by Crippen LogP contribution is -2.54. The third-order valence-electron chi connectivity index (χ3n) is 6.50. The van der Waals surface area contributed by atoms with Crippen LogP contribution in [0.2, 0.25) is 0 Å². The Morgan fingerprint density at radius 2 is 1.76 bits per heavy atom. The molecule has 0 spiro atoms. The molecule has 1 aliphatic rings. The van der Waals surface area contributed by atoms with Crippen LogP contribution in [0.15, 0.2) is 79.1 Å². The van der Waals surface area contributed by atoms with Crippen molar-refractivity contribution in [1.29, 1.82) is 0 Å². The number of benzene rings is 2. The van der Waals surface area contributed by atoms with Gasteiger partial charge in [0.05, 0.1) is 11.8 Å². The predicted molar refractivity (Wildman–Crippen MR) is 130 cm³/mol. The molecule has 2 aromatic carbocycles. The summed E-state index contributed by atoms with van der Waals surface area (Å²) in [4.78, 5) is 34.4. The molecule has 1 saturated heterocycles. The Kier molecular flexibility index (Phi) is 6.87. The Morgan fingerprint density at radius 1 is 1.00 bits per heavy atom. The summed E-state index contributed by atoms with van der Waals surface area (Å²) in [7, 11) is 3.62. The van der Waals surface area contributed by atoms with Gasteiger partial charge in [0.2, 0.25) is 11.8 Å². The predicted octanol–water partition coefficient (Wildman–Crippen LogP) is 4.23. The number of hydrogen-bond donors (Lipinski definition) is 0. The van der Waals surface area contributed by atoms with Crippen molar-refractivity contribution in [2.24, 2.45) is 5.41 Å². The zero-order valence-electron chi connectivity index (χ0n) is 19.4. The van der Waals surface area contributed by atoms with Gasteiger partial charge in [0, 0.05) is 39.6 Å². The average Bonchev–Trinajstić information content (AvgIpc) is 2.85. The van der Waals surface area contributed by atoms with Gasteiger partial charge in [-0.3, -0.25) is 14.6 Å². The van der Waals surface area contributed by atoms with Crippen LogP contribution >= 0.6 is 0 Å². The fourth-order valence-electron chi connectivity index (χ4n) is 4.94. The summed E-state index contributed by atoms with van der Waals surface area (Å²) in [6.45, 7) is 1.12. The van der Waals surface area contributed by atoms with Crippen molar-refractivity contribution < 1.29 is 9.59 Å². The highest BCUT2D eigenvalue weighted by molar-refractivity contribution is 5.85. The second-order valence-electron chi connectivity index (χ2n) is 9.14. The largest absolute Gasteiger partial charge is 0.348 e. The minimum atomic E-state index is -0.642. The summed E-state index contributed by atoms with van der Waals surface area (Å²) in [5.74, 6) is 0.138. The third-order valence-corrected chi connectivity index (χ3v) is 6.50. The van der Waals surface area contributed by atoms with Crippen molar-refractivity contribution in [3.8, 4) is 11.1 Å². The molecule has 5 nitrogen and oxygen atoms in total. The van der Waals surface area contributed by atoms with Crippen molar-refractivity contribution in [2.45, 2.75) is 25.7 Å². The van der Waals surface area contributed by atoms with Crippen LogP contribution in [0.1, 0.15) is 24.0 Å². The van der Waals surface area contributed by atoms with Crippen molar-refractivity contribution in [3.05, 3.63) is 90.3 Å². The normalized spacial score (nSPS) is 18.1. The average molecular weight is 442 g/mol. The highest BCUT2D eigenvalue weighted by Gasteiger charge is 2.44. The van der Waals surface area contributed by atoms with Gasteiger partial charge in [-0.2, -0.15) is 0 Å². The number of amides is 2. The van der Waals surface area contributed by atoms with Gasteiger partial charge in [-0.25, -0.2) is 0 Å². The molecule has 1 fully saturated rings. The first-order valence-corrected chi connectivity index (χ1v) is 11.5. The molecule has 5 heteroatoms. The van der Waals surface area contributed by atoms with Crippen molar-refractivity contribution in [3.63, 3.8) is 0 Å². The van der Waals surface area contributed by atoms with E-state index in [9.17, 15) is 9.59 Å². The van der Waals surface area contributed by atoms with E-state index < -0.39 is 5.41 Å². The number of aromatic nitrogens is 1. The number of hydrogen-bond acceptors (Lipinski definition) is 3. The summed E-state index contributed by atoms with van der Waals surface area (Å²) in [6, 6.07) is 22.3. The van der Waals surface area contributed by atoms with E-state index in [0.29, 0.717) is 25.9 Å². The molecule has 1 atom stereocenters. The Balaban J connectivity index is 1.64. The Labute approximate surface area is 196 Å². The van der Waals surface area contributed by atoms with Gasteiger partial charge in [0.15, 0.2) is 0 Å². The SMILES string of the molecule is CN(C)C(=O)C1(Cc2ccccc2-c2ccccc2)CCCN(C(=O)Cc2cccnc2)C1. The van der Waals surface area contributed by atoms with Crippen LogP contribution in [0, 0.1) is 5.41 Å². The number of piperidine rings is 1. The number of likely N-dealkylation sites (tertiary alicyclic amines) is 1. The molecule has 33 heavy (non-hydrogen) atoms. The van der Waals surface area contributed by atoms with Crippen molar-refractivity contribution >= 4 is 11.8 Å². The second kappa shape index (κ2) is 9.99. The first-order chi connectivity index (χ1) is 16.0. The van der Waals surface area contributed by atoms with Crippen LogP contribution in [0.5, 0.6) is 0 Å². The fourth-order valence-corrected chi connectivity index (χ4v) is 4.94. The molecule has 1 aromatic heterocycles. The van der Waals surface area contributed by atoms with E-state index in [0.717, 1.165) is 35.1 Å². The zero-order valence-corrected chi connectivity index (χ0v) is 19.4. The van der Waals surface area contributed by atoms with Crippen LogP contribution in [0.25, 0.3) is 11.1 Å². The van der Waals surface area contributed by atoms with Gasteiger partial charge in [0.1, 0.15) is 0 Å².